The Hall–Kier alpha value is -2.46. The van der Waals surface area contributed by atoms with Crippen molar-refractivity contribution in [3.63, 3.8) is 0 Å². The summed E-state index contributed by atoms with van der Waals surface area (Å²) in [7, 11) is 0. The third kappa shape index (κ3) is 5.50. The van der Waals surface area contributed by atoms with Crippen LogP contribution in [0.25, 0.3) is 12.2 Å². The van der Waals surface area contributed by atoms with Crippen LogP contribution < -0.4 is 0 Å². The van der Waals surface area contributed by atoms with Crippen LogP contribution >= 0.6 is 11.6 Å². The normalized spacial score (nSPS) is 11.2. The molecule has 0 aliphatic rings. The van der Waals surface area contributed by atoms with Crippen molar-refractivity contribution in [3.8, 4) is 0 Å². The first-order valence-electron chi connectivity index (χ1n) is 6.51. The highest BCUT2D eigenvalue weighted by Crippen LogP contribution is 2.10. The number of rotatable bonds is 5. The quantitative estimate of drug-likeness (QED) is 0.614. The number of ether oxygens (including phenoxy) is 1. The number of halogens is 2. The molecule has 0 N–H and O–H groups in total. The molecule has 0 saturated carbocycles. The van der Waals surface area contributed by atoms with Gasteiger partial charge in [0.05, 0.1) is 6.20 Å². The predicted octanol–water partition coefficient (Wildman–Crippen LogP) is 4.14. The lowest BCUT2D eigenvalue weighted by molar-refractivity contribution is -0.136. The summed E-state index contributed by atoms with van der Waals surface area (Å²) in [5.74, 6) is -0.966. The maximum atomic E-state index is 12.9. The Morgan fingerprint density at radius 1 is 1.18 bits per heavy atom. The molecule has 0 saturated heterocycles. The minimum absolute atomic E-state index is 0.146. The van der Waals surface area contributed by atoms with E-state index in [9.17, 15) is 9.18 Å². The lowest BCUT2D eigenvalue weighted by Gasteiger charge is -1.97. The molecule has 0 aliphatic heterocycles. The molecule has 0 spiro atoms. The van der Waals surface area contributed by atoms with Crippen LogP contribution in [0.2, 0.25) is 5.02 Å². The van der Waals surface area contributed by atoms with Crippen molar-refractivity contribution in [3.05, 3.63) is 76.8 Å². The van der Waals surface area contributed by atoms with Gasteiger partial charge in [-0.15, -0.1) is 0 Å². The maximum Gasteiger partial charge on any atom is 0.331 e. The van der Waals surface area contributed by atoms with E-state index in [1.807, 2.05) is 18.2 Å². The summed E-state index contributed by atoms with van der Waals surface area (Å²) in [4.78, 5) is 15.2. The van der Waals surface area contributed by atoms with Gasteiger partial charge in [-0.2, -0.15) is 0 Å². The van der Waals surface area contributed by atoms with Gasteiger partial charge in [0.25, 0.3) is 0 Å². The van der Waals surface area contributed by atoms with Gasteiger partial charge in [0.15, 0.2) is 0 Å². The molecule has 0 atom stereocenters. The number of benzene rings is 1. The first kappa shape index (κ1) is 15.9. The smallest absolute Gasteiger partial charge is 0.331 e. The Morgan fingerprint density at radius 2 is 1.95 bits per heavy atom. The monoisotopic (exact) mass is 317 g/mol. The van der Waals surface area contributed by atoms with E-state index in [0.29, 0.717) is 10.6 Å². The standard InChI is InChI=1S/C17H13ClFNO2/c18-15-6-3-13(4-7-15)2-1-9-22-17(21)8-5-14-10-16(19)12-20-11-14/h1-8,10-12H,9H2/b2-1+,8-5+. The van der Waals surface area contributed by atoms with Crippen molar-refractivity contribution in [1.82, 2.24) is 4.98 Å². The fraction of sp³-hybridized carbons (Fsp3) is 0.0588. The van der Waals surface area contributed by atoms with Crippen LogP contribution in [0.5, 0.6) is 0 Å². The molecule has 0 radical (unpaired) electrons. The van der Waals surface area contributed by atoms with Crippen molar-refractivity contribution in [2.45, 2.75) is 0 Å². The van der Waals surface area contributed by atoms with E-state index in [4.69, 9.17) is 16.3 Å². The lowest BCUT2D eigenvalue weighted by Crippen LogP contribution is -1.99. The molecule has 0 bridgehead atoms. The van der Waals surface area contributed by atoms with Crippen molar-refractivity contribution in [1.29, 1.82) is 0 Å². The zero-order valence-electron chi connectivity index (χ0n) is 11.6. The fourth-order valence-corrected chi connectivity index (χ4v) is 1.75. The van der Waals surface area contributed by atoms with E-state index in [2.05, 4.69) is 4.98 Å². The van der Waals surface area contributed by atoms with Gasteiger partial charge in [-0.1, -0.05) is 29.8 Å². The molecule has 0 unspecified atom stereocenters. The van der Waals surface area contributed by atoms with Gasteiger partial charge in [0, 0.05) is 17.3 Å². The summed E-state index contributed by atoms with van der Waals surface area (Å²) in [5, 5.41) is 0.667. The van der Waals surface area contributed by atoms with Gasteiger partial charge in [0.2, 0.25) is 0 Å². The van der Waals surface area contributed by atoms with E-state index in [1.54, 1.807) is 18.2 Å². The zero-order chi connectivity index (χ0) is 15.8. The average molecular weight is 318 g/mol. The minimum Gasteiger partial charge on any atom is -0.458 e. The molecule has 0 amide bonds. The third-order valence-electron chi connectivity index (χ3n) is 2.64. The van der Waals surface area contributed by atoms with E-state index < -0.39 is 11.8 Å². The van der Waals surface area contributed by atoms with Gasteiger partial charge in [0.1, 0.15) is 12.4 Å². The predicted molar refractivity (Wildman–Crippen MR) is 84.7 cm³/mol. The van der Waals surface area contributed by atoms with E-state index in [-0.39, 0.29) is 6.61 Å². The first-order valence-corrected chi connectivity index (χ1v) is 6.89. The maximum absolute atomic E-state index is 12.9. The molecular weight excluding hydrogens is 305 g/mol. The lowest BCUT2D eigenvalue weighted by atomic mass is 10.2. The van der Waals surface area contributed by atoms with Gasteiger partial charge < -0.3 is 4.74 Å². The highest BCUT2D eigenvalue weighted by Gasteiger charge is 1.96. The number of hydrogen-bond donors (Lipinski definition) is 0. The molecule has 1 aromatic carbocycles. The highest BCUT2D eigenvalue weighted by molar-refractivity contribution is 6.30. The van der Waals surface area contributed by atoms with Crippen LogP contribution in [0.4, 0.5) is 4.39 Å². The number of carbonyl (C=O) groups excluding carboxylic acids is 1. The van der Waals surface area contributed by atoms with E-state index in [1.165, 1.54) is 24.4 Å². The fourth-order valence-electron chi connectivity index (χ4n) is 1.62. The van der Waals surface area contributed by atoms with Crippen LogP contribution in [0, 0.1) is 5.82 Å². The molecule has 0 fully saturated rings. The summed E-state index contributed by atoms with van der Waals surface area (Å²) >= 11 is 5.78. The van der Waals surface area contributed by atoms with Crippen molar-refractivity contribution >= 4 is 29.7 Å². The van der Waals surface area contributed by atoms with Gasteiger partial charge in [-0.25, -0.2) is 9.18 Å². The van der Waals surface area contributed by atoms with Crippen LogP contribution in [0.15, 0.2) is 54.9 Å². The molecule has 1 aromatic heterocycles. The topological polar surface area (TPSA) is 39.2 Å². The molecular formula is C17H13ClFNO2. The molecule has 5 heteroatoms. The van der Waals surface area contributed by atoms with Crippen LogP contribution in [-0.2, 0) is 9.53 Å². The molecule has 112 valence electrons. The Morgan fingerprint density at radius 3 is 2.68 bits per heavy atom. The van der Waals surface area contributed by atoms with Gasteiger partial charge >= 0.3 is 5.97 Å². The van der Waals surface area contributed by atoms with Crippen LogP contribution in [0.1, 0.15) is 11.1 Å². The van der Waals surface area contributed by atoms with Crippen molar-refractivity contribution in [2.75, 3.05) is 6.61 Å². The van der Waals surface area contributed by atoms with E-state index >= 15 is 0 Å². The average Bonchev–Trinajstić information content (AvgIpc) is 2.51. The van der Waals surface area contributed by atoms with Crippen LogP contribution in [-0.4, -0.2) is 17.6 Å². The first-order chi connectivity index (χ1) is 10.6. The van der Waals surface area contributed by atoms with Gasteiger partial charge in [-0.05, 0) is 41.5 Å². The van der Waals surface area contributed by atoms with Crippen molar-refractivity contribution in [2.24, 2.45) is 0 Å². The second-order valence-corrected chi connectivity index (χ2v) is 4.79. The second-order valence-electron chi connectivity index (χ2n) is 4.35. The summed E-state index contributed by atoms with van der Waals surface area (Å²) in [5.41, 5.74) is 1.45. The summed E-state index contributed by atoms with van der Waals surface area (Å²) in [6, 6.07) is 8.55. The number of hydrogen-bond acceptors (Lipinski definition) is 3. The zero-order valence-corrected chi connectivity index (χ0v) is 12.3. The van der Waals surface area contributed by atoms with Gasteiger partial charge in [-0.3, -0.25) is 4.98 Å². The molecule has 0 aliphatic carbocycles. The van der Waals surface area contributed by atoms with Crippen molar-refractivity contribution < 1.29 is 13.9 Å². The number of carbonyl (C=O) groups is 1. The highest BCUT2D eigenvalue weighted by atomic mass is 35.5. The Labute approximate surface area is 132 Å². The molecule has 3 nitrogen and oxygen atoms in total. The molecule has 1 heterocycles. The SMILES string of the molecule is O=C(/C=C/c1cncc(F)c1)OC/C=C/c1ccc(Cl)cc1. The minimum atomic E-state index is -0.509. The Kier molecular flexibility index (Phi) is 5.86. The summed E-state index contributed by atoms with van der Waals surface area (Å²) in [6.45, 7) is 0.146. The Balaban J connectivity index is 1.79. The summed E-state index contributed by atoms with van der Waals surface area (Å²) in [6.07, 6.45) is 8.76. The van der Waals surface area contributed by atoms with Crippen LogP contribution in [0.3, 0.4) is 0 Å². The number of esters is 1. The number of pyridine rings is 1. The third-order valence-corrected chi connectivity index (χ3v) is 2.89. The summed E-state index contributed by atoms with van der Waals surface area (Å²) < 4.78 is 17.9. The number of aromatic nitrogens is 1. The van der Waals surface area contributed by atoms with E-state index in [0.717, 1.165) is 11.8 Å². The Bertz CT molecular complexity index is 696. The molecule has 2 rings (SSSR count). The number of nitrogens with zero attached hydrogens (tertiary/aromatic N) is 1. The molecule has 2 aromatic rings. The largest absolute Gasteiger partial charge is 0.458 e. The molecule has 22 heavy (non-hydrogen) atoms. The second kappa shape index (κ2) is 8.10.